The predicted molar refractivity (Wildman–Crippen MR) is 107 cm³/mol. The Bertz CT molecular complexity index is 427. The number of thiophene rings is 1. The van der Waals surface area contributed by atoms with Gasteiger partial charge in [-0.05, 0) is 43.3 Å². The minimum atomic E-state index is 0. The summed E-state index contributed by atoms with van der Waals surface area (Å²) in [5, 5.41) is 9.05. The third-order valence-electron chi connectivity index (χ3n) is 3.82. The third-order valence-corrected chi connectivity index (χ3v) is 4.79. The SMILES string of the molecule is CN=C(NCC(C)C)NCC(c1cccs1)N1CCCC1.I. The van der Waals surface area contributed by atoms with Crippen molar-refractivity contribution in [2.45, 2.75) is 32.7 Å². The minimum absolute atomic E-state index is 0. The number of rotatable bonds is 6. The molecular weight excluding hydrogens is 407 g/mol. The Morgan fingerprint density at radius 2 is 1.95 bits per heavy atom. The van der Waals surface area contributed by atoms with Gasteiger partial charge in [0.2, 0.25) is 0 Å². The van der Waals surface area contributed by atoms with Crippen molar-refractivity contribution in [2.75, 3.05) is 33.2 Å². The van der Waals surface area contributed by atoms with E-state index in [9.17, 15) is 0 Å². The van der Waals surface area contributed by atoms with Crippen LogP contribution in [0.15, 0.2) is 22.5 Å². The molecule has 2 N–H and O–H groups in total. The molecule has 0 bridgehead atoms. The zero-order valence-corrected chi connectivity index (χ0v) is 17.0. The molecule has 0 amide bonds. The maximum atomic E-state index is 4.32. The second-order valence-corrected chi connectivity index (χ2v) is 6.98. The number of hydrogen-bond acceptors (Lipinski definition) is 3. The normalized spacial score (nSPS) is 17.4. The summed E-state index contributed by atoms with van der Waals surface area (Å²) in [6.45, 7) is 8.70. The van der Waals surface area contributed by atoms with E-state index >= 15 is 0 Å². The lowest BCUT2D eigenvalue weighted by molar-refractivity contribution is 0.249. The van der Waals surface area contributed by atoms with Crippen LogP contribution in [0.4, 0.5) is 0 Å². The number of likely N-dealkylation sites (tertiary alicyclic amines) is 1. The smallest absolute Gasteiger partial charge is 0.191 e. The highest BCUT2D eigenvalue weighted by atomic mass is 127. The second-order valence-electron chi connectivity index (χ2n) is 6.00. The lowest BCUT2D eigenvalue weighted by atomic mass is 10.2. The first kappa shape index (κ1) is 19.7. The second kappa shape index (κ2) is 10.4. The van der Waals surface area contributed by atoms with Gasteiger partial charge in [0.05, 0.1) is 6.04 Å². The largest absolute Gasteiger partial charge is 0.356 e. The topological polar surface area (TPSA) is 39.7 Å². The van der Waals surface area contributed by atoms with E-state index in [2.05, 4.69) is 51.9 Å². The van der Waals surface area contributed by atoms with E-state index in [0.717, 1.165) is 19.0 Å². The number of halogens is 1. The molecule has 22 heavy (non-hydrogen) atoms. The first-order valence-corrected chi connectivity index (χ1v) is 8.80. The lowest BCUT2D eigenvalue weighted by Gasteiger charge is -2.27. The van der Waals surface area contributed by atoms with Crippen LogP contribution in [0, 0.1) is 5.92 Å². The van der Waals surface area contributed by atoms with Crippen molar-refractivity contribution < 1.29 is 0 Å². The van der Waals surface area contributed by atoms with Crippen molar-refractivity contribution in [3.63, 3.8) is 0 Å². The van der Waals surface area contributed by atoms with Crippen molar-refractivity contribution in [3.05, 3.63) is 22.4 Å². The molecule has 1 aliphatic heterocycles. The van der Waals surface area contributed by atoms with Gasteiger partial charge in [0.25, 0.3) is 0 Å². The lowest BCUT2D eigenvalue weighted by Crippen LogP contribution is -2.43. The maximum Gasteiger partial charge on any atom is 0.191 e. The Morgan fingerprint density at radius 1 is 1.27 bits per heavy atom. The van der Waals surface area contributed by atoms with Gasteiger partial charge < -0.3 is 10.6 Å². The highest BCUT2D eigenvalue weighted by Crippen LogP contribution is 2.27. The van der Waals surface area contributed by atoms with E-state index in [-0.39, 0.29) is 24.0 Å². The summed E-state index contributed by atoms with van der Waals surface area (Å²) < 4.78 is 0. The fourth-order valence-corrected chi connectivity index (χ4v) is 3.52. The van der Waals surface area contributed by atoms with Gasteiger partial charge >= 0.3 is 0 Å². The van der Waals surface area contributed by atoms with Gasteiger partial charge in [0.1, 0.15) is 0 Å². The van der Waals surface area contributed by atoms with E-state index in [1.165, 1.54) is 30.8 Å². The minimum Gasteiger partial charge on any atom is -0.356 e. The highest BCUT2D eigenvalue weighted by Gasteiger charge is 2.24. The van der Waals surface area contributed by atoms with E-state index in [4.69, 9.17) is 0 Å². The molecule has 1 saturated heterocycles. The fraction of sp³-hybridized carbons (Fsp3) is 0.688. The molecule has 0 saturated carbocycles. The summed E-state index contributed by atoms with van der Waals surface area (Å²) >= 11 is 1.85. The first-order chi connectivity index (χ1) is 10.2. The van der Waals surface area contributed by atoms with E-state index in [1.807, 2.05) is 18.4 Å². The number of aliphatic imine (C=N–C) groups is 1. The summed E-state index contributed by atoms with van der Waals surface area (Å²) in [7, 11) is 1.84. The van der Waals surface area contributed by atoms with Gasteiger partial charge in [-0.1, -0.05) is 19.9 Å². The highest BCUT2D eigenvalue weighted by molar-refractivity contribution is 14.0. The van der Waals surface area contributed by atoms with E-state index < -0.39 is 0 Å². The fourth-order valence-electron chi connectivity index (χ4n) is 2.66. The molecule has 1 atom stereocenters. The van der Waals surface area contributed by atoms with Crippen LogP contribution in [0.25, 0.3) is 0 Å². The summed E-state index contributed by atoms with van der Waals surface area (Å²) in [5.74, 6) is 1.53. The Hall–Kier alpha value is -0.340. The van der Waals surface area contributed by atoms with Crippen molar-refractivity contribution in [3.8, 4) is 0 Å². The Labute approximate surface area is 155 Å². The Kier molecular flexibility index (Phi) is 9.35. The van der Waals surface area contributed by atoms with Crippen molar-refractivity contribution in [2.24, 2.45) is 10.9 Å². The van der Waals surface area contributed by atoms with Crippen LogP contribution in [0.2, 0.25) is 0 Å². The molecule has 1 aromatic rings. The molecule has 2 rings (SSSR count). The van der Waals surface area contributed by atoms with Gasteiger partial charge in [-0.25, -0.2) is 0 Å². The van der Waals surface area contributed by atoms with Gasteiger partial charge in [-0.3, -0.25) is 9.89 Å². The van der Waals surface area contributed by atoms with Crippen LogP contribution in [0.1, 0.15) is 37.6 Å². The van der Waals surface area contributed by atoms with Crippen LogP contribution in [-0.4, -0.2) is 44.1 Å². The molecule has 6 heteroatoms. The number of nitrogens with one attached hydrogen (secondary N) is 2. The molecule has 1 unspecified atom stereocenters. The molecule has 1 aromatic heterocycles. The average Bonchev–Trinajstić information content (AvgIpc) is 3.15. The molecule has 1 aliphatic rings. The van der Waals surface area contributed by atoms with Crippen molar-refractivity contribution in [1.82, 2.24) is 15.5 Å². The quantitative estimate of drug-likeness (QED) is 0.408. The molecule has 0 aliphatic carbocycles. The van der Waals surface area contributed by atoms with Gasteiger partial charge in [-0.15, -0.1) is 35.3 Å². The average molecular weight is 436 g/mol. The molecule has 126 valence electrons. The molecule has 4 nitrogen and oxygen atoms in total. The van der Waals surface area contributed by atoms with Crippen LogP contribution in [0.3, 0.4) is 0 Å². The van der Waals surface area contributed by atoms with E-state index in [1.54, 1.807) is 0 Å². The molecular formula is C16H29IN4S. The first-order valence-electron chi connectivity index (χ1n) is 7.92. The van der Waals surface area contributed by atoms with E-state index in [0.29, 0.717) is 12.0 Å². The van der Waals surface area contributed by atoms with Crippen LogP contribution >= 0.6 is 35.3 Å². The van der Waals surface area contributed by atoms with Gasteiger partial charge in [0.15, 0.2) is 5.96 Å². The summed E-state index contributed by atoms with van der Waals surface area (Å²) in [6, 6.07) is 4.86. The van der Waals surface area contributed by atoms with Crippen LogP contribution in [-0.2, 0) is 0 Å². The predicted octanol–water partition coefficient (Wildman–Crippen LogP) is 3.32. The van der Waals surface area contributed by atoms with Crippen molar-refractivity contribution in [1.29, 1.82) is 0 Å². The Morgan fingerprint density at radius 3 is 2.50 bits per heavy atom. The van der Waals surface area contributed by atoms with Gasteiger partial charge in [0, 0.05) is 25.0 Å². The number of nitrogens with zero attached hydrogens (tertiary/aromatic N) is 2. The molecule has 0 spiro atoms. The summed E-state index contributed by atoms with van der Waals surface area (Å²) in [4.78, 5) is 8.36. The van der Waals surface area contributed by atoms with Gasteiger partial charge in [-0.2, -0.15) is 0 Å². The third kappa shape index (κ3) is 6.04. The molecule has 0 aromatic carbocycles. The molecule has 0 radical (unpaired) electrons. The summed E-state index contributed by atoms with van der Waals surface area (Å²) in [6.07, 6.45) is 2.64. The standard InChI is InChI=1S/C16H28N4S.HI/c1-13(2)11-18-16(17-3)19-12-14(15-7-6-10-21-15)20-8-4-5-9-20;/h6-7,10,13-14H,4-5,8-9,11-12H2,1-3H3,(H2,17,18,19);1H. The zero-order chi connectivity index (χ0) is 15.1. The Balaban J connectivity index is 0.00000242. The summed E-state index contributed by atoms with van der Waals surface area (Å²) in [5.41, 5.74) is 0. The molecule has 2 heterocycles. The van der Waals surface area contributed by atoms with Crippen molar-refractivity contribution >= 4 is 41.3 Å². The van der Waals surface area contributed by atoms with Crippen LogP contribution in [0.5, 0.6) is 0 Å². The number of guanidine groups is 1. The monoisotopic (exact) mass is 436 g/mol. The molecule has 1 fully saturated rings. The van der Waals surface area contributed by atoms with Crippen LogP contribution < -0.4 is 10.6 Å². The number of hydrogen-bond donors (Lipinski definition) is 2. The zero-order valence-electron chi connectivity index (χ0n) is 13.8. The maximum absolute atomic E-state index is 4.32.